The SMILES string of the molecule is CCC(CC)c1cc(CNC(=NC)NCc2cccc(Cn3cncn3)c2)on1. The molecule has 0 fully saturated rings. The number of aromatic nitrogens is 4. The lowest BCUT2D eigenvalue weighted by molar-refractivity contribution is 0.368. The van der Waals surface area contributed by atoms with E-state index in [1.165, 1.54) is 11.1 Å². The first-order valence-electron chi connectivity index (χ1n) is 10.0. The summed E-state index contributed by atoms with van der Waals surface area (Å²) < 4.78 is 7.27. The molecule has 0 aliphatic heterocycles. The van der Waals surface area contributed by atoms with Gasteiger partial charge in [-0.2, -0.15) is 5.10 Å². The molecule has 2 N–H and O–H groups in total. The van der Waals surface area contributed by atoms with Crippen LogP contribution >= 0.6 is 0 Å². The Labute approximate surface area is 171 Å². The molecule has 0 aliphatic carbocycles. The summed E-state index contributed by atoms with van der Waals surface area (Å²) in [4.78, 5) is 8.27. The number of hydrogen-bond acceptors (Lipinski definition) is 5. The Hall–Kier alpha value is -3.16. The molecule has 0 atom stereocenters. The summed E-state index contributed by atoms with van der Waals surface area (Å²) in [5.41, 5.74) is 3.37. The molecular formula is C21H29N7O. The van der Waals surface area contributed by atoms with Crippen molar-refractivity contribution in [2.75, 3.05) is 7.05 Å². The number of guanidine groups is 1. The maximum atomic E-state index is 5.46. The highest BCUT2D eigenvalue weighted by molar-refractivity contribution is 5.79. The van der Waals surface area contributed by atoms with E-state index in [1.807, 2.05) is 12.1 Å². The first-order chi connectivity index (χ1) is 14.2. The molecule has 8 nitrogen and oxygen atoms in total. The molecule has 3 aromatic rings. The predicted octanol–water partition coefficient (Wildman–Crippen LogP) is 3.08. The molecule has 8 heteroatoms. The molecule has 3 rings (SSSR count). The minimum atomic E-state index is 0.453. The van der Waals surface area contributed by atoms with Crippen LogP contribution in [0.1, 0.15) is 55.2 Å². The van der Waals surface area contributed by atoms with E-state index in [1.54, 1.807) is 24.4 Å². The van der Waals surface area contributed by atoms with E-state index < -0.39 is 0 Å². The summed E-state index contributed by atoms with van der Waals surface area (Å²) >= 11 is 0. The maximum absolute atomic E-state index is 5.46. The highest BCUT2D eigenvalue weighted by Crippen LogP contribution is 2.22. The van der Waals surface area contributed by atoms with Gasteiger partial charge in [-0.05, 0) is 24.0 Å². The maximum Gasteiger partial charge on any atom is 0.191 e. The zero-order valence-corrected chi connectivity index (χ0v) is 17.3. The number of nitrogens with one attached hydrogen (secondary N) is 2. The molecule has 0 radical (unpaired) electrons. The average molecular weight is 396 g/mol. The minimum absolute atomic E-state index is 0.453. The van der Waals surface area contributed by atoms with Gasteiger partial charge in [0.25, 0.3) is 0 Å². The van der Waals surface area contributed by atoms with Gasteiger partial charge < -0.3 is 15.2 Å². The van der Waals surface area contributed by atoms with Crippen molar-refractivity contribution in [1.82, 2.24) is 30.6 Å². The zero-order valence-electron chi connectivity index (χ0n) is 17.3. The number of hydrogen-bond donors (Lipinski definition) is 2. The third-order valence-corrected chi connectivity index (χ3v) is 4.90. The largest absolute Gasteiger partial charge is 0.359 e. The van der Waals surface area contributed by atoms with Gasteiger partial charge in [0, 0.05) is 25.6 Å². The standard InChI is InChI=1S/C21H29N7O/c1-4-18(5-2)20-10-19(29-27-20)12-25-21(22-3)24-11-16-7-6-8-17(9-16)13-28-15-23-14-26-28/h6-10,14-15,18H,4-5,11-13H2,1-3H3,(H2,22,24,25). The van der Waals surface area contributed by atoms with Crippen LogP contribution < -0.4 is 10.6 Å². The topological polar surface area (TPSA) is 93.2 Å². The van der Waals surface area contributed by atoms with Crippen LogP contribution in [0.2, 0.25) is 0 Å². The summed E-state index contributed by atoms with van der Waals surface area (Å²) in [6, 6.07) is 10.4. The van der Waals surface area contributed by atoms with Gasteiger partial charge in [0.2, 0.25) is 0 Å². The number of nitrogens with zero attached hydrogens (tertiary/aromatic N) is 5. The lowest BCUT2D eigenvalue weighted by Gasteiger charge is -2.11. The van der Waals surface area contributed by atoms with Crippen molar-refractivity contribution in [2.24, 2.45) is 4.99 Å². The van der Waals surface area contributed by atoms with E-state index in [-0.39, 0.29) is 0 Å². The molecule has 29 heavy (non-hydrogen) atoms. The number of benzene rings is 1. The van der Waals surface area contributed by atoms with Crippen molar-refractivity contribution in [2.45, 2.75) is 52.2 Å². The molecule has 0 saturated carbocycles. The molecule has 1 aromatic carbocycles. The van der Waals surface area contributed by atoms with Crippen LogP contribution in [0.4, 0.5) is 0 Å². The summed E-state index contributed by atoms with van der Waals surface area (Å²) in [5.74, 6) is 1.98. The molecule has 2 heterocycles. The van der Waals surface area contributed by atoms with Gasteiger partial charge in [0.1, 0.15) is 12.7 Å². The summed E-state index contributed by atoms with van der Waals surface area (Å²) in [6.45, 7) is 6.26. The molecule has 0 spiro atoms. The van der Waals surface area contributed by atoms with Crippen LogP contribution in [0.15, 0.2) is 52.5 Å². The quantitative estimate of drug-likeness (QED) is 0.427. The Balaban J connectivity index is 1.51. The highest BCUT2D eigenvalue weighted by atomic mass is 16.5. The Morgan fingerprint density at radius 2 is 1.93 bits per heavy atom. The fourth-order valence-corrected chi connectivity index (χ4v) is 3.23. The number of aliphatic imine (C=N–C) groups is 1. The first-order valence-corrected chi connectivity index (χ1v) is 10.0. The van der Waals surface area contributed by atoms with Crippen molar-refractivity contribution in [3.63, 3.8) is 0 Å². The summed E-state index contributed by atoms with van der Waals surface area (Å²) in [5, 5.41) is 15.0. The van der Waals surface area contributed by atoms with Crippen molar-refractivity contribution in [3.05, 3.63) is 65.6 Å². The number of rotatable bonds is 9. The van der Waals surface area contributed by atoms with E-state index in [0.717, 1.165) is 24.3 Å². The molecule has 0 unspecified atom stereocenters. The molecular weight excluding hydrogens is 366 g/mol. The second kappa shape index (κ2) is 10.4. The van der Waals surface area contributed by atoms with Crippen molar-refractivity contribution < 1.29 is 4.52 Å². The van der Waals surface area contributed by atoms with Crippen LogP contribution in [0, 0.1) is 0 Å². The van der Waals surface area contributed by atoms with Gasteiger partial charge in [-0.25, -0.2) is 9.67 Å². The Morgan fingerprint density at radius 3 is 2.66 bits per heavy atom. The minimum Gasteiger partial charge on any atom is -0.359 e. The van der Waals surface area contributed by atoms with Crippen molar-refractivity contribution >= 4 is 5.96 Å². The summed E-state index contributed by atoms with van der Waals surface area (Å²) in [7, 11) is 1.76. The fourth-order valence-electron chi connectivity index (χ4n) is 3.23. The normalized spacial score (nSPS) is 11.8. The third-order valence-electron chi connectivity index (χ3n) is 4.90. The van der Waals surface area contributed by atoms with Gasteiger partial charge in [0.15, 0.2) is 11.7 Å². The first kappa shape index (κ1) is 20.6. The summed E-state index contributed by atoms with van der Waals surface area (Å²) in [6.07, 6.45) is 5.39. The second-order valence-electron chi connectivity index (χ2n) is 6.92. The monoisotopic (exact) mass is 395 g/mol. The van der Waals surface area contributed by atoms with Crippen molar-refractivity contribution in [1.29, 1.82) is 0 Å². The van der Waals surface area contributed by atoms with Gasteiger partial charge in [-0.1, -0.05) is 43.3 Å². The van der Waals surface area contributed by atoms with Crippen LogP contribution in [0.3, 0.4) is 0 Å². The highest BCUT2D eigenvalue weighted by Gasteiger charge is 2.13. The van der Waals surface area contributed by atoms with E-state index >= 15 is 0 Å². The molecule has 2 aromatic heterocycles. The average Bonchev–Trinajstić information content (AvgIpc) is 3.42. The fraction of sp³-hybridized carbons (Fsp3) is 0.429. The van der Waals surface area contributed by atoms with E-state index in [4.69, 9.17) is 4.52 Å². The van der Waals surface area contributed by atoms with Gasteiger partial charge in [-0.15, -0.1) is 0 Å². The molecule has 0 aliphatic rings. The van der Waals surface area contributed by atoms with E-state index in [9.17, 15) is 0 Å². The second-order valence-corrected chi connectivity index (χ2v) is 6.92. The van der Waals surface area contributed by atoms with Crippen LogP contribution in [-0.4, -0.2) is 32.9 Å². The Kier molecular flexibility index (Phi) is 7.38. The van der Waals surface area contributed by atoms with Crippen LogP contribution in [-0.2, 0) is 19.6 Å². The van der Waals surface area contributed by atoms with Crippen LogP contribution in [0.25, 0.3) is 0 Å². The zero-order chi connectivity index (χ0) is 20.5. The van der Waals surface area contributed by atoms with Gasteiger partial charge >= 0.3 is 0 Å². The molecule has 0 amide bonds. The smallest absolute Gasteiger partial charge is 0.191 e. The van der Waals surface area contributed by atoms with Crippen molar-refractivity contribution in [3.8, 4) is 0 Å². The Bertz CT molecular complexity index is 897. The van der Waals surface area contributed by atoms with Gasteiger partial charge in [-0.3, -0.25) is 4.99 Å². The third kappa shape index (κ3) is 5.91. The molecule has 0 saturated heterocycles. The van der Waals surface area contributed by atoms with E-state index in [2.05, 4.69) is 62.9 Å². The lowest BCUT2D eigenvalue weighted by Crippen LogP contribution is -2.36. The Morgan fingerprint density at radius 1 is 1.14 bits per heavy atom. The molecule has 154 valence electrons. The predicted molar refractivity (Wildman–Crippen MR) is 112 cm³/mol. The van der Waals surface area contributed by atoms with Gasteiger partial charge in [0.05, 0.1) is 18.8 Å². The van der Waals surface area contributed by atoms with Crippen LogP contribution in [0.5, 0.6) is 0 Å². The molecule has 0 bridgehead atoms. The van der Waals surface area contributed by atoms with E-state index in [0.29, 0.717) is 31.5 Å². The lowest BCUT2D eigenvalue weighted by atomic mass is 9.99.